The van der Waals surface area contributed by atoms with Gasteiger partial charge in [-0.05, 0) is 48.2 Å². The van der Waals surface area contributed by atoms with Crippen LogP contribution in [0, 0.1) is 12.7 Å². The Kier molecular flexibility index (Phi) is 5.34. The van der Waals surface area contributed by atoms with Gasteiger partial charge in [-0.2, -0.15) is 4.31 Å². The zero-order valence-electron chi connectivity index (χ0n) is 15.4. The third-order valence-corrected chi connectivity index (χ3v) is 6.95. The fourth-order valence-electron chi connectivity index (χ4n) is 3.47. The van der Waals surface area contributed by atoms with E-state index in [0.29, 0.717) is 37.7 Å². The van der Waals surface area contributed by atoms with Crippen molar-refractivity contribution in [3.05, 3.63) is 59.4 Å². The Morgan fingerprint density at radius 3 is 2.27 bits per heavy atom. The van der Waals surface area contributed by atoms with Crippen LogP contribution in [0.2, 0.25) is 0 Å². The Labute approximate surface area is 155 Å². The number of piperazine rings is 1. The Bertz CT molecular complexity index is 888. The molecule has 1 aliphatic heterocycles. The third-order valence-electron chi connectivity index (χ3n) is 4.89. The van der Waals surface area contributed by atoms with E-state index in [9.17, 15) is 12.8 Å². The Morgan fingerprint density at radius 2 is 1.65 bits per heavy atom. The summed E-state index contributed by atoms with van der Waals surface area (Å²) in [5, 5.41) is 0. The van der Waals surface area contributed by atoms with Crippen LogP contribution in [0.5, 0.6) is 0 Å². The molecular weight excluding hydrogens is 351 g/mol. The third kappa shape index (κ3) is 3.62. The molecule has 140 valence electrons. The van der Waals surface area contributed by atoms with Crippen LogP contribution in [-0.4, -0.2) is 38.9 Å². The number of hydrogen-bond acceptors (Lipinski definition) is 3. The molecule has 0 bridgehead atoms. The van der Waals surface area contributed by atoms with Crippen molar-refractivity contribution >= 4 is 15.7 Å². The molecular formula is C20H25FN2O2S. The number of anilines is 1. The maximum Gasteiger partial charge on any atom is 0.243 e. The van der Waals surface area contributed by atoms with Crippen molar-refractivity contribution in [1.29, 1.82) is 0 Å². The molecule has 2 aromatic rings. The van der Waals surface area contributed by atoms with Gasteiger partial charge in [-0.1, -0.05) is 32.0 Å². The van der Waals surface area contributed by atoms with E-state index in [4.69, 9.17) is 0 Å². The van der Waals surface area contributed by atoms with E-state index in [1.807, 2.05) is 12.1 Å². The molecule has 0 radical (unpaired) electrons. The second-order valence-corrected chi connectivity index (χ2v) is 8.92. The first-order valence-corrected chi connectivity index (χ1v) is 10.3. The van der Waals surface area contributed by atoms with E-state index in [-0.39, 0.29) is 4.90 Å². The van der Waals surface area contributed by atoms with Crippen molar-refractivity contribution < 1.29 is 12.8 Å². The molecule has 3 rings (SSSR count). The minimum Gasteiger partial charge on any atom is -0.369 e. The van der Waals surface area contributed by atoms with Gasteiger partial charge in [0, 0.05) is 31.9 Å². The van der Waals surface area contributed by atoms with Crippen molar-refractivity contribution in [3.8, 4) is 0 Å². The van der Waals surface area contributed by atoms with Gasteiger partial charge in [0.05, 0.1) is 4.90 Å². The molecule has 1 aliphatic rings. The summed E-state index contributed by atoms with van der Waals surface area (Å²) in [5.74, 6) is -0.00797. The van der Waals surface area contributed by atoms with Crippen molar-refractivity contribution in [2.75, 3.05) is 31.1 Å². The average molecular weight is 376 g/mol. The van der Waals surface area contributed by atoms with Crippen LogP contribution >= 0.6 is 0 Å². The summed E-state index contributed by atoms with van der Waals surface area (Å²) in [6.45, 7) is 8.09. The monoisotopic (exact) mass is 376 g/mol. The van der Waals surface area contributed by atoms with E-state index in [2.05, 4.69) is 30.9 Å². The van der Waals surface area contributed by atoms with Gasteiger partial charge in [-0.15, -0.1) is 0 Å². The van der Waals surface area contributed by atoms with Crippen LogP contribution < -0.4 is 4.90 Å². The van der Waals surface area contributed by atoms with Crippen LogP contribution in [0.4, 0.5) is 10.1 Å². The van der Waals surface area contributed by atoms with Gasteiger partial charge in [0.1, 0.15) is 5.82 Å². The summed E-state index contributed by atoms with van der Waals surface area (Å²) in [4.78, 5) is 2.44. The zero-order valence-corrected chi connectivity index (χ0v) is 16.3. The van der Waals surface area contributed by atoms with Gasteiger partial charge in [0.15, 0.2) is 0 Å². The maximum absolute atomic E-state index is 13.3. The van der Waals surface area contributed by atoms with Gasteiger partial charge in [0.2, 0.25) is 10.0 Å². The van der Waals surface area contributed by atoms with E-state index >= 15 is 0 Å². The highest BCUT2D eigenvalue weighted by molar-refractivity contribution is 7.89. The van der Waals surface area contributed by atoms with Gasteiger partial charge in [-0.25, -0.2) is 12.8 Å². The summed E-state index contributed by atoms with van der Waals surface area (Å²) < 4.78 is 40.7. The van der Waals surface area contributed by atoms with Gasteiger partial charge >= 0.3 is 0 Å². The first-order chi connectivity index (χ1) is 12.3. The van der Waals surface area contributed by atoms with Crippen molar-refractivity contribution in [1.82, 2.24) is 4.31 Å². The number of aryl methyl sites for hydroxylation is 1. The lowest BCUT2D eigenvalue weighted by molar-refractivity contribution is 0.384. The first-order valence-electron chi connectivity index (χ1n) is 8.91. The van der Waals surface area contributed by atoms with E-state index in [1.165, 1.54) is 33.8 Å². The molecule has 0 aliphatic carbocycles. The molecule has 0 N–H and O–H groups in total. The Morgan fingerprint density at radius 1 is 1.00 bits per heavy atom. The number of hydrogen-bond donors (Lipinski definition) is 0. The van der Waals surface area contributed by atoms with Gasteiger partial charge in [0.25, 0.3) is 0 Å². The number of sulfonamides is 1. The summed E-state index contributed by atoms with van der Waals surface area (Å²) >= 11 is 0. The van der Waals surface area contributed by atoms with Gasteiger partial charge in [-0.3, -0.25) is 0 Å². The summed E-state index contributed by atoms with van der Waals surface area (Å²) in [5.41, 5.74) is 2.90. The van der Waals surface area contributed by atoms with Crippen LogP contribution in [-0.2, 0) is 10.0 Å². The fraction of sp³-hybridized carbons (Fsp3) is 0.400. The highest BCUT2D eigenvalue weighted by atomic mass is 32.2. The number of rotatable bonds is 4. The van der Waals surface area contributed by atoms with Gasteiger partial charge < -0.3 is 4.90 Å². The second kappa shape index (κ2) is 7.37. The lowest BCUT2D eigenvalue weighted by Gasteiger charge is -2.37. The molecule has 0 unspecified atom stereocenters. The topological polar surface area (TPSA) is 40.6 Å². The summed E-state index contributed by atoms with van der Waals surface area (Å²) in [7, 11) is -3.60. The second-order valence-electron chi connectivity index (χ2n) is 7.01. The van der Waals surface area contributed by atoms with E-state index in [0.717, 1.165) is 0 Å². The lowest BCUT2D eigenvalue weighted by Crippen LogP contribution is -2.49. The smallest absolute Gasteiger partial charge is 0.243 e. The van der Waals surface area contributed by atoms with Crippen LogP contribution in [0.1, 0.15) is 30.9 Å². The molecule has 0 amide bonds. The molecule has 0 atom stereocenters. The average Bonchev–Trinajstić information content (AvgIpc) is 2.61. The minimum atomic E-state index is -3.60. The quantitative estimate of drug-likeness (QED) is 0.816. The summed E-state index contributed by atoms with van der Waals surface area (Å²) in [6.07, 6.45) is 0. The highest BCUT2D eigenvalue weighted by Gasteiger charge is 2.30. The largest absolute Gasteiger partial charge is 0.369 e. The standard InChI is InChI=1S/C20H25FN2O2S/c1-15(2)18-6-4-5-7-19(18)22-10-12-23(13-11-22)26(24,25)20-9-8-17(21)14-16(20)3/h4-9,14-15H,10-13H2,1-3H3. The van der Waals surface area contributed by atoms with Crippen molar-refractivity contribution in [2.24, 2.45) is 0 Å². The normalized spacial score (nSPS) is 16.3. The van der Waals surface area contributed by atoms with Crippen molar-refractivity contribution in [2.45, 2.75) is 31.6 Å². The zero-order chi connectivity index (χ0) is 18.9. The molecule has 2 aromatic carbocycles. The molecule has 1 heterocycles. The maximum atomic E-state index is 13.3. The van der Waals surface area contributed by atoms with Crippen LogP contribution in [0.15, 0.2) is 47.4 Å². The number of halogens is 1. The Hall–Kier alpha value is -1.92. The molecule has 4 nitrogen and oxygen atoms in total. The SMILES string of the molecule is Cc1cc(F)ccc1S(=O)(=O)N1CCN(c2ccccc2C(C)C)CC1. The summed E-state index contributed by atoms with van der Waals surface area (Å²) in [6, 6.07) is 12.1. The molecule has 6 heteroatoms. The molecule has 0 aromatic heterocycles. The highest BCUT2D eigenvalue weighted by Crippen LogP contribution is 2.29. The Balaban J connectivity index is 1.78. The number of nitrogens with zero attached hydrogens (tertiary/aromatic N) is 2. The molecule has 1 saturated heterocycles. The van der Waals surface area contributed by atoms with E-state index in [1.54, 1.807) is 6.92 Å². The minimum absolute atomic E-state index is 0.190. The molecule has 0 spiro atoms. The molecule has 1 fully saturated rings. The first kappa shape index (κ1) is 18.9. The number of benzene rings is 2. The predicted octanol–water partition coefficient (Wildman–Crippen LogP) is 3.77. The fourth-order valence-corrected chi connectivity index (χ4v) is 5.10. The van der Waals surface area contributed by atoms with Crippen LogP contribution in [0.25, 0.3) is 0 Å². The predicted molar refractivity (Wildman–Crippen MR) is 103 cm³/mol. The van der Waals surface area contributed by atoms with Crippen LogP contribution in [0.3, 0.4) is 0 Å². The lowest BCUT2D eigenvalue weighted by atomic mass is 10.00. The number of para-hydroxylation sites is 1. The van der Waals surface area contributed by atoms with E-state index < -0.39 is 15.8 Å². The molecule has 26 heavy (non-hydrogen) atoms. The van der Waals surface area contributed by atoms with Crippen molar-refractivity contribution in [3.63, 3.8) is 0 Å². The molecule has 0 saturated carbocycles.